The first kappa shape index (κ1) is 5.95. The van der Waals surface area contributed by atoms with Crippen molar-refractivity contribution in [3.05, 3.63) is 0 Å². The lowest BCUT2D eigenvalue weighted by atomic mass is 10.3. The van der Waals surface area contributed by atoms with Gasteiger partial charge in [-0.3, -0.25) is 5.41 Å². The quantitative estimate of drug-likeness (QED) is 0.514. The van der Waals surface area contributed by atoms with Gasteiger partial charge >= 0.3 is 0 Å². The average Bonchev–Trinajstić information content (AvgIpc) is 1.85. The first-order valence-electron chi connectivity index (χ1n) is 2.72. The molecule has 1 heterocycles. The summed E-state index contributed by atoms with van der Waals surface area (Å²) in [6.07, 6.45) is 0. The summed E-state index contributed by atoms with van der Waals surface area (Å²) < 4.78 is 0. The lowest BCUT2D eigenvalue weighted by Crippen LogP contribution is -2.25. The summed E-state index contributed by atoms with van der Waals surface area (Å²) >= 11 is 1.60. The van der Waals surface area contributed by atoms with Gasteiger partial charge in [-0.2, -0.15) is 0 Å². The van der Waals surface area contributed by atoms with E-state index in [9.17, 15) is 0 Å². The molecule has 0 aromatic heterocycles. The zero-order valence-corrected chi connectivity index (χ0v) is 5.88. The standard InChI is InChI=1S/C5H10N2S/c1-3-4(2)8-5(6)7-3/h3-4H,1-2H3,(H2,6,7). The Hall–Kier alpha value is -0.180. The molecular weight excluding hydrogens is 120 g/mol. The molecule has 2 nitrogen and oxygen atoms in total. The van der Waals surface area contributed by atoms with Crippen LogP contribution >= 0.6 is 11.8 Å². The van der Waals surface area contributed by atoms with Crippen LogP contribution in [0, 0.1) is 5.41 Å². The molecule has 0 bridgehead atoms. The second-order valence-corrected chi connectivity index (χ2v) is 3.47. The van der Waals surface area contributed by atoms with E-state index in [1.54, 1.807) is 11.8 Å². The summed E-state index contributed by atoms with van der Waals surface area (Å²) in [5, 5.41) is 11.4. The van der Waals surface area contributed by atoms with E-state index in [1.165, 1.54) is 0 Å². The number of nitrogens with one attached hydrogen (secondary N) is 2. The fourth-order valence-corrected chi connectivity index (χ4v) is 1.54. The van der Waals surface area contributed by atoms with E-state index < -0.39 is 0 Å². The first-order valence-corrected chi connectivity index (χ1v) is 3.60. The van der Waals surface area contributed by atoms with Crippen LogP contribution in [-0.4, -0.2) is 16.5 Å². The van der Waals surface area contributed by atoms with Gasteiger partial charge in [-0.05, 0) is 6.92 Å². The molecule has 0 aromatic carbocycles. The monoisotopic (exact) mass is 130 g/mol. The van der Waals surface area contributed by atoms with Crippen molar-refractivity contribution in [1.29, 1.82) is 5.41 Å². The SMILES string of the molecule is CC1NC(=N)SC1C. The Morgan fingerprint density at radius 2 is 2.25 bits per heavy atom. The van der Waals surface area contributed by atoms with Crippen molar-refractivity contribution in [2.45, 2.75) is 25.1 Å². The molecule has 0 aliphatic carbocycles. The summed E-state index contributed by atoms with van der Waals surface area (Å²) in [4.78, 5) is 0. The predicted molar refractivity (Wildman–Crippen MR) is 37.4 cm³/mol. The van der Waals surface area contributed by atoms with Crippen LogP contribution in [0.3, 0.4) is 0 Å². The van der Waals surface area contributed by atoms with E-state index in [2.05, 4.69) is 19.2 Å². The molecule has 0 saturated carbocycles. The molecule has 46 valence electrons. The van der Waals surface area contributed by atoms with Crippen LogP contribution in [0.5, 0.6) is 0 Å². The molecule has 1 fully saturated rings. The zero-order valence-electron chi connectivity index (χ0n) is 5.06. The van der Waals surface area contributed by atoms with Crippen LogP contribution in [0.1, 0.15) is 13.8 Å². The van der Waals surface area contributed by atoms with Crippen LogP contribution in [0.25, 0.3) is 0 Å². The minimum atomic E-state index is 0.479. The van der Waals surface area contributed by atoms with Gasteiger partial charge in [0.15, 0.2) is 5.17 Å². The Morgan fingerprint density at radius 1 is 1.62 bits per heavy atom. The van der Waals surface area contributed by atoms with Crippen molar-refractivity contribution in [2.75, 3.05) is 0 Å². The third kappa shape index (κ3) is 0.968. The Balaban J connectivity index is 2.51. The van der Waals surface area contributed by atoms with E-state index in [0.717, 1.165) is 0 Å². The van der Waals surface area contributed by atoms with Crippen LogP contribution in [-0.2, 0) is 0 Å². The van der Waals surface area contributed by atoms with Gasteiger partial charge in [0.05, 0.1) is 0 Å². The molecule has 1 aliphatic rings. The van der Waals surface area contributed by atoms with Gasteiger partial charge in [-0.15, -0.1) is 0 Å². The van der Waals surface area contributed by atoms with Crippen LogP contribution in [0.2, 0.25) is 0 Å². The second-order valence-electron chi connectivity index (χ2n) is 2.09. The van der Waals surface area contributed by atoms with Crippen molar-refractivity contribution in [3.63, 3.8) is 0 Å². The van der Waals surface area contributed by atoms with E-state index in [4.69, 9.17) is 5.41 Å². The first-order chi connectivity index (χ1) is 3.70. The molecule has 1 aliphatic heterocycles. The minimum Gasteiger partial charge on any atom is -0.362 e. The highest BCUT2D eigenvalue weighted by atomic mass is 32.2. The van der Waals surface area contributed by atoms with Crippen molar-refractivity contribution in [3.8, 4) is 0 Å². The molecule has 2 unspecified atom stereocenters. The van der Waals surface area contributed by atoms with Crippen LogP contribution in [0.4, 0.5) is 0 Å². The predicted octanol–water partition coefficient (Wildman–Crippen LogP) is 1.03. The average molecular weight is 130 g/mol. The highest BCUT2D eigenvalue weighted by molar-refractivity contribution is 8.14. The van der Waals surface area contributed by atoms with Gasteiger partial charge < -0.3 is 5.32 Å². The molecule has 3 heteroatoms. The summed E-state index contributed by atoms with van der Waals surface area (Å²) in [5.74, 6) is 0. The second kappa shape index (κ2) is 1.97. The lowest BCUT2D eigenvalue weighted by Gasteiger charge is -2.04. The minimum absolute atomic E-state index is 0.479. The molecule has 0 radical (unpaired) electrons. The largest absolute Gasteiger partial charge is 0.362 e. The maximum atomic E-state index is 7.16. The van der Waals surface area contributed by atoms with E-state index in [1.807, 2.05) is 0 Å². The van der Waals surface area contributed by atoms with Crippen molar-refractivity contribution in [1.82, 2.24) is 5.32 Å². The van der Waals surface area contributed by atoms with Crippen molar-refractivity contribution in [2.24, 2.45) is 0 Å². The number of amidine groups is 1. The Kier molecular flexibility index (Phi) is 1.47. The molecule has 1 rings (SSSR count). The highest BCUT2D eigenvalue weighted by Crippen LogP contribution is 2.20. The van der Waals surface area contributed by atoms with Crippen molar-refractivity contribution < 1.29 is 0 Å². The third-order valence-corrected chi connectivity index (χ3v) is 2.50. The Labute approximate surface area is 53.6 Å². The molecule has 8 heavy (non-hydrogen) atoms. The summed E-state index contributed by atoms with van der Waals surface area (Å²) in [7, 11) is 0. The molecule has 0 amide bonds. The fourth-order valence-electron chi connectivity index (χ4n) is 0.646. The van der Waals surface area contributed by atoms with Gasteiger partial charge in [-0.1, -0.05) is 18.7 Å². The number of hydrogen-bond donors (Lipinski definition) is 2. The zero-order chi connectivity index (χ0) is 6.15. The molecular formula is C5H10N2S. The number of hydrogen-bond acceptors (Lipinski definition) is 2. The summed E-state index contributed by atoms with van der Waals surface area (Å²) in [5.41, 5.74) is 0. The van der Waals surface area contributed by atoms with Gasteiger partial charge in [0.1, 0.15) is 0 Å². The van der Waals surface area contributed by atoms with Gasteiger partial charge in [0.25, 0.3) is 0 Å². The maximum Gasteiger partial charge on any atom is 0.154 e. The van der Waals surface area contributed by atoms with E-state index >= 15 is 0 Å². The van der Waals surface area contributed by atoms with Gasteiger partial charge in [0.2, 0.25) is 0 Å². The molecule has 2 N–H and O–H groups in total. The van der Waals surface area contributed by atoms with Crippen LogP contribution < -0.4 is 5.32 Å². The smallest absolute Gasteiger partial charge is 0.154 e. The van der Waals surface area contributed by atoms with Gasteiger partial charge in [-0.25, -0.2) is 0 Å². The van der Waals surface area contributed by atoms with Crippen molar-refractivity contribution >= 4 is 16.9 Å². The van der Waals surface area contributed by atoms with Gasteiger partial charge in [0, 0.05) is 11.3 Å². The maximum absolute atomic E-state index is 7.16. The highest BCUT2D eigenvalue weighted by Gasteiger charge is 2.22. The molecule has 0 aromatic rings. The summed E-state index contributed by atoms with van der Waals surface area (Å²) in [6.45, 7) is 4.23. The molecule has 2 atom stereocenters. The fraction of sp³-hybridized carbons (Fsp3) is 0.800. The molecule has 0 spiro atoms. The Morgan fingerprint density at radius 3 is 2.38 bits per heavy atom. The normalized spacial score (nSPS) is 37.5. The third-order valence-electron chi connectivity index (χ3n) is 1.37. The van der Waals surface area contributed by atoms with Crippen LogP contribution in [0.15, 0.2) is 0 Å². The number of thioether (sulfide) groups is 1. The van der Waals surface area contributed by atoms with E-state index in [-0.39, 0.29) is 0 Å². The summed E-state index contributed by atoms with van der Waals surface area (Å²) in [6, 6.07) is 0.479. The van der Waals surface area contributed by atoms with E-state index in [0.29, 0.717) is 16.5 Å². The molecule has 1 saturated heterocycles. The topological polar surface area (TPSA) is 35.9 Å². The lowest BCUT2D eigenvalue weighted by molar-refractivity contribution is 0.678. The number of rotatable bonds is 0. The Bertz CT molecular complexity index is 101.